The van der Waals surface area contributed by atoms with Crippen LogP contribution in [0.4, 0.5) is 0 Å². The summed E-state index contributed by atoms with van der Waals surface area (Å²) in [5, 5.41) is 0. The van der Waals surface area contributed by atoms with Gasteiger partial charge in [0.1, 0.15) is 0 Å². The predicted octanol–water partition coefficient (Wildman–Crippen LogP) is 3.99. The van der Waals surface area contributed by atoms with Gasteiger partial charge in [-0.25, -0.2) is 0 Å². The molecule has 0 aliphatic carbocycles. The zero-order chi connectivity index (χ0) is 8.20. The van der Waals surface area contributed by atoms with E-state index in [4.69, 9.17) is 0 Å². The van der Waals surface area contributed by atoms with Crippen molar-refractivity contribution < 1.29 is 0 Å². The van der Waals surface area contributed by atoms with Crippen LogP contribution in [0.3, 0.4) is 0 Å². The fourth-order valence-corrected chi connectivity index (χ4v) is 1.98. The first kappa shape index (κ1) is 10.5. The van der Waals surface area contributed by atoms with Gasteiger partial charge in [0, 0.05) is 4.32 Å². The molecule has 0 radical (unpaired) electrons. The van der Waals surface area contributed by atoms with Crippen LogP contribution in [-0.2, 0) is 0 Å². The zero-order valence-corrected chi connectivity index (χ0v) is 9.16. The number of hydrogen-bond donors (Lipinski definition) is 0. The second-order valence-corrected chi connectivity index (χ2v) is 5.96. The molecule has 0 heterocycles. The van der Waals surface area contributed by atoms with E-state index in [2.05, 4.69) is 43.6 Å². The molecule has 0 bridgehead atoms. The minimum atomic E-state index is 0.335. The summed E-state index contributed by atoms with van der Waals surface area (Å²) >= 11 is 3.65. The number of halogens is 1. The van der Waals surface area contributed by atoms with Crippen LogP contribution in [0.5, 0.6) is 0 Å². The molecule has 10 heavy (non-hydrogen) atoms. The summed E-state index contributed by atoms with van der Waals surface area (Å²) < 4.78 is 0.335. The molecular formula is C9H19Br. The normalized spacial score (nSPS) is 15.3. The van der Waals surface area contributed by atoms with Crippen LogP contribution >= 0.6 is 15.9 Å². The van der Waals surface area contributed by atoms with Gasteiger partial charge in [-0.3, -0.25) is 0 Å². The molecule has 0 aromatic heterocycles. The SMILES string of the molecule is CCCC(C)CC(C)(C)Br. The second kappa shape index (κ2) is 4.38. The van der Waals surface area contributed by atoms with E-state index in [1.54, 1.807) is 0 Å². The highest BCUT2D eigenvalue weighted by molar-refractivity contribution is 9.10. The van der Waals surface area contributed by atoms with Gasteiger partial charge in [-0.1, -0.05) is 56.5 Å². The van der Waals surface area contributed by atoms with E-state index in [9.17, 15) is 0 Å². The quantitative estimate of drug-likeness (QED) is 0.611. The Hall–Kier alpha value is 0.480. The number of hydrogen-bond acceptors (Lipinski definition) is 0. The van der Waals surface area contributed by atoms with Crippen molar-refractivity contribution in [2.45, 2.75) is 51.3 Å². The molecule has 0 rings (SSSR count). The minimum absolute atomic E-state index is 0.335. The average Bonchev–Trinajstić information content (AvgIpc) is 1.59. The van der Waals surface area contributed by atoms with Gasteiger partial charge in [0.2, 0.25) is 0 Å². The van der Waals surface area contributed by atoms with Crippen molar-refractivity contribution >= 4 is 15.9 Å². The van der Waals surface area contributed by atoms with Gasteiger partial charge in [0.25, 0.3) is 0 Å². The van der Waals surface area contributed by atoms with Crippen LogP contribution in [0, 0.1) is 5.92 Å². The van der Waals surface area contributed by atoms with Crippen LogP contribution in [0.15, 0.2) is 0 Å². The molecule has 0 nitrogen and oxygen atoms in total. The summed E-state index contributed by atoms with van der Waals surface area (Å²) in [6.07, 6.45) is 3.94. The molecule has 62 valence electrons. The van der Waals surface area contributed by atoms with Gasteiger partial charge in [-0.15, -0.1) is 0 Å². The Labute approximate surface area is 73.5 Å². The van der Waals surface area contributed by atoms with Crippen LogP contribution in [0.1, 0.15) is 47.0 Å². The first-order chi connectivity index (χ1) is 4.45. The van der Waals surface area contributed by atoms with E-state index < -0.39 is 0 Å². The van der Waals surface area contributed by atoms with E-state index in [-0.39, 0.29) is 0 Å². The van der Waals surface area contributed by atoms with Crippen LogP contribution in [0.25, 0.3) is 0 Å². The highest BCUT2D eigenvalue weighted by Gasteiger charge is 2.15. The van der Waals surface area contributed by atoms with Gasteiger partial charge in [0.15, 0.2) is 0 Å². The van der Waals surface area contributed by atoms with Crippen molar-refractivity contribution in [3.63, 3.8) is 0 Å². The summed E-state index contributed by atoms with van der Waals surface area (Å²) in [5.41, 5.74) is 0. The molecule has 0 aliphatic heterocycles. The summed E-state index contributed by atoms with van der Waals surface area (Å²) in [7, 11) is 0. The number of alkyl halides is 1. The Kier molecular flexibility index (Phi) is 4.59. The van der Waals surface area contributed by atoms with Crippen molar-refractivity contribution in [3.05, 3.63) is 0 Å². The first-order valence-corrected chi connectivity index (χ1v) is 4.94. The molecule has 1 unspecified atom stereocenters. The Morgan fingerprint density at radius 3 is 2.20 bits per heavy atom. The van der Waals surface area contributed by atoms with Gasteiger partial charge < -0.3 is 0 Å². The van der Waals surface area contributed by atoms with Gasteiger partial charge in [0.05, 0.1) is 0 Å². The molecule has 0 aromatic carbocycles. The molecule has 0 fully saturated rings. The van der Waals surface area contributed by atoms with Crippen molar-refractivity contribution in [2.24, 2.45) is 5.92 Å². The largest absolute Gasteiger partial charge is 0.0859 e. The molecule has 1 heteroatoms. The van der Waals surface area contributed by atoms with Gasteiger partial charge >= 0.3 is 0 Å². The van der Waals surface area contributed by atoms with Crippen molar-refractivity contribution in [1.82, 2.24) is 0 Å². The lowest BCUT2D eigenvalue weighted by Gasteiger charge is -2.20. The van der Waals surface area contributed by atoms with E-state index in [0.29, 0.717) is 4.32 Å². The van der Waals surface area contributed by atoms with Gasteiger partial charge in [-0.2, -0.15) is 0 Å². The third kappa shape index (κ3) is 6.60. The summed E-state index contributed by atoms with van der Waals surface area (Å²) in [6.45, 7) is 9.04. The van der Waals surface area contributed by atoms with Crippen LogP contribution in [-0.4, -0.2) is 4.32 Å². The third-order valence-electron chi connectivity index (χ3n) is 1.62. The van der Waals surface area contributed by atoms with Crippen molar-refractivity contribution in [3.8, 4) is 0 Å². The predicted molar refractivity (Wildman–Crippen MR) is 51.7 cm³/mol. The monoisotopic (exact) mass is 206 g/mol. The summed E-state index contributed by atoms with van der Waals surface area (Å²) in [6, 6.07) is 0. The van der Waals surface area contributed by atoms with E-state index in [1.165, 1.54) is 19.3 Å². The van der Waals surface area contributed by atoms with Crippen LogP contribution in [0.2, 0.25) is 0 Å². The van der Waals surface area contributed by atoms with E-state index in [1.807, 2.05) is 0 Å². The molecule has 0 amide bonds. The lowest BCUT2D eigenvalue weighted by molar-refractivity contribution is 0.440. The molecule has 0 saturated carbocycles. The Bertz CT molecular complexity index is 81.2. The van der Waals surface area contributed by atoms with E-state index >= 15 is 0 Å². The van der Waals surface area contributed by atoms with E-state index in [0.717, 1.165) is 5.92 Å². The highest BCUT2D eigenvalue weighted by Crippen LogP contribution is 2.27. The second-order valence-electron chi connectivity index (χ2n) is 3.82. The minimum Gasteiger partial charge on any atom is -0.0859 e. The number of rotatable bonds is 4. The summed E-state index contributed by atoms with van der Waals surface area (Å²) in [5.74, 6) is 0.861. The fraction of sp³-hybridized carbons (Fsp3) is 1.00. The Morgan fingerprint density at radius 2 is 1.90 bits per heavy atom. The standard InChI is InChI=1S/C9H19Br/c1-5-6-8(2)7-9(3,4)10/h8H,5-7H2,1-4H3. The molecule has 0 spiro atoms. The average molecular weight is 207 g/mol. The molecule has 0 aromatic rings. The van der Waals surface area contributed by atoms with Crippen molar-refractivity contribution in [1.29, 1.82) is 0 Å². The fourth-order valence-electron chi connectivity index (χ4n) is 1.42. The Balaban J connectivity index is 3.47. The topological polar surface area (TPSA) is 0 Å². The van der Waals surface area contributed by atoms with Gasteiger partial charge in [-0.05, 0) is 12.3 Å². The summed E-state index contributed by atoms with van der Waals surface area (Å²) in [4.78, 5) is 0. The lowest BCUT2D eigenvalue weighted by atomic mass is 9.95. The lowest BCUT2D eigenvalue weighted by Crippen LogP contribution is -2.14. The molecule has 0 N–H and O–H groups in total. The first-order valence-electron chi connectivity index (χ1n) is 4.14. The molecule has 0 aliphatic rings. The highest BCUT2D eigenvalue weighted by atomic mass is 79.9. The Morgan fingerprint density at radius 1 is 1.40 bits per heavy atom. The maximum Gasteiger partial charge on any atom is 0.0204 e. The van der Waals surface area contributed by atoms with Crippen molar-refractivity contribution in [2.75, 3.05) is 0 Å². The maximum absolute atomic E-state index is 3.65. The zero-order valence-electron chi connectivity index (χ0n) is 7.58. The molecule has 1 atom stereocenters. The molecular weight excluding hydrogens is 188 g/mol. The smallest absolute Gasteiger partial charge is 0.0204 e. The van der Waals surface area contributed by atoms with Crippen LogP contribution < -0.4 is 0 Å². The molecule has 0 saturated heterocycles. The maximum atomic E-state index is 3.65. The third-order valence-corrected chi connectivity index (χ3v) is 1.94.